The minimum Gasteiger partial charge on any atom is -0.243 e. The topological polar surface area (TPSA) is 59.1 Å². The van der Waals surface area contributed by atoms with Crippen molar-refractivity contribution < 1.29 is 8.42 Å². The van der Waals surface area contributed by atoms with Crippen molar-refractivity contribution in [2.75, 3.05) is 0 Å². The van der Waals surface area contributed by atoms with Gasteiger partial charge in [0.25, 0.3) is 0 Å². The molecule has 0 aliphatic carbocycles. The summed E-state index contributed by atoms with van der Waals surface area (Å²) in [5.74, 6) is 0. The lowest BCUT2D eigenvalue weighted by molar-refractivity contribution is 0.512. The number of nitrogens with zero attached hydrogens (tertiary/aromatic N) is 1. The van der Waals surface area contributed by atoms with E-state index in [9.17, 15) is 8.42 Å². The number of rotatable bonds is 6. The normalized spacial score (nSPS) is 13.6. The summed E-state index contributed by atoms with van der Waals surface area (Å²) < 4.78 is 26.8. The Morgan fingerprint density at radius 2 is 2.18 bits per heavy atom. The summed E-state index contributed by atoms with van der Waals surface area (Å²) >= 11 is 5.78. The van der Waals surface area contributed by atoms with Crippen LogP contribution in [-0.4, -0.2) is 19.4 Å². The fourth-order valence-corrected chi connectivity index (χ4v) is 3.36. The predicted octanol–water partition coefficient (Wildman–Crippen LogP) is 2.59. The van der Waals surface area contributed by atoms with E-state index in [0.717, 1.165) is 19.3 Å². The Balaban J connectivity index is 2.92. The van der Waals surface area contributed by atoms with E-state index < -0.39 is 10.0 Å². The summed E-state index contributed by atoms with van der Waals surface area (Å²) in [7, 11) is -3.57. The molecule has 0 saturated heterocycles. The highest BCUT2D eigenvalue weighted by Crippen LogP contribution is 2.18. The predicted molar refractivity (Wildman–Crippen MR) is 68.6 cm³/mol. The molecule has 1 N–H and O–H groups in total. The van der Waals surface area contributed by atoms with Crippen LogP contribution in [-0.2, 0) is 10.0 Å². The average molecular weight is 277 g/mol. The number of sulfonamides is 1. The van der Waals surface area contributed by atoms with Crippen LogP contribution in [0.2, 0.25) is 5.15 Å². The molecule has 1 unspecified atom stereocenters. The Morgan fingerprint density at radius 1 is 1.47 bits per heavy atom. The number of hydrogen-bond donors (Lipinski definition) is 1. The molecule has 96 valence electrons. The van der Waals surface area contributed by atoms with Gasteiger partial charge < -0.3 is 0 Å². The SMILES string of the molecule is CCCC(CC)NS(=O)(=O)c1cccnc1Cl. The Bertz CT molecular complexity index is 462. The molecular formula is C11H17ClN2O2S. The smallest absolute Gasteiger partial charge is 0.243 e. The standard InChI is InChI=1S/C11H17ClN2O2S/c1-3-6-9(4-2)14-17(15,16)10-7-5-8-13-11(10)12/h5,7-9,14H,3-4,6H2,1-2H3. The van der Waals surface area contributed by atoms with E-state index >= 15 is 0 Å². The van der Waals surface area contributed by atoms with Gasteiger partial charge in [-0.1, -0.05) is 31.9 Å². The number of aromatic nitrogens is 1. The second-order valence-electron chi connectivity index (χ2n) is 3.81. The zero-order chi connectivity index (χ0) is 12.9. The molecule has 0 fully saturated rings. The van der Waals surface area contributed by atoms with Crippen molar-refractivity contribution in [3.63, 3.8) is 0 Å². The lowest BCUT2D eigenvalue weighted by Crippen LogP contribution is -2.34. The number of hydrogen-bond acceptors (Lipinski definition) is 3. The van der Waals surface area contributed by atoms with Gasteiger partial charge in [0.15, 0.2) is 0 Å². The van der Waals surface area contributed by atoms with E-state index in [-0.39, 0.29) is 16.1 Å². The second-order valence-corrected chi connectivity index (χ2v) is 5.85. The van der Waals surface area contributed by atoms with Crippen LogP contribution in [0.5, 0.6) is 0 Å². The third-order valence-corrected chi connectivity index (χ3v) is 4.43. The maximum atomic E-state index is 12.1. The first kappa shape index (κ1) is 14.4. The van der Waals surface area contributed by atoms with Crippen LogP contribution < -0.4 is 4.72 Å². The molecule has 1 aromatic rings. The van der Waals surface area contributed by atoms with Crippen LogP contribution in [0.3, 0.4) is 0 Å². The first-order chi connectivity index (χ1) is 8.01. The van der Waals surface area contributed by atoms with Gasteiger partial charge in [0.05, 0.1) is 0 Å². The molecule has 1 heterocycles. The highest BCUT2D eigenvalue weighted by Gasteiger charge is 2.21. The summed E-state index contributed by atoms with van der Waals surface area (Å²) in [5.41, 5.74) is 0. The third kappa shape index (κ3) is 3.94. The van der Waals surface area contributed by atoms with Gasteiger partial charge in [-0.25, -0.2) is 18.1 Å². The van der Waals surface area contributed by atoms with Crippen LogP contribution in [0.15, 0.2) is 23.2 Å². The molecule has 6 heteroatoms. The molecule has 1 atom stereocenters. The molecule has 0 aromatic carbocycles. The minimum absolute atomic E-state index is 0.00588. The van der Waals surface area contributed by atoms with Gasteiger partial charge in [0.1, 0.15) is 10.0 Å². The van der Waals surface area contributed by atoms with Gasteiger partial charge in [-0.15, -0.1) is 0 Å². The molecule has 0 amide bonds. The van der Waals surface area contributed by atoms with E-state index in [4.69, 9.17) is 11.6 Å². The lowest BCUT2D eigenvalue weighted by Gasteiger charge is -2.16. The monoisotopic (exact) mass is 276 g/mol. The van der Waals surface area contributed by atoms with E-state index in [1.54, 1.807) is 6.07 Å². The Hall–Kier alpha value is -0.650. The minimum atomic E-state index is -3.57. The van der Waals surface area contributed by atoms with Crippen LogP contribution in [0.4, 0.5) is 0 Å². The molecule has 1 rings (SSSR count). The quantitative estimate of drug-likeness (QED) is 0.813. The van der Waals surface area contributed by atoms with Crippen molar-refractivity contribution in [3.05, 3.63) is 23.5 Å². The Morgan fingerprint density at radius 3 is 2.71 bits per heavy atom. The zero-order valence-electron chi connectivity index (χ0n) is 9.98. The van der Waals surface area contributed by atoms with Crippen molar-refractivity contribution in [2.24, 2.45) is 0 Å². The second kappa shape index (κ2) is 6.33. The summed E-state index contributed by atoms with van der Waals surface area (Å²) in [6, 6.07) is 2.96. The van der Waals surface area contributed by atoms with Crippen molar-refractivity contribution in [3.8, 4) is 0 Å². The van der Waals surface area contributed by atoms with E-state index in [2.05, 4.69) is 9.71 Å². The average Bonchev–Trinajstić information content (AvgIpc) is 2.28. The van der Waals surface area contributed by atoms with Gasteiger partial charge in [-0.2, -0.15) is 0 Å². The summed E-state index contributed by atoms with van der Waals surface area (Å²) in [6.07, 6.45) is 3.96. The fraction of sp³-hybridized carbons (Fsp3) is 0.545. The van der Waals surface area contributed by atoms with E-state index in [1.807, 2.05) is 13.8 Å². The molecule has 17 heavy (non-hydrogen) atoms. The first-order valence-electron chi connectivity index (χ1n) is 5.64. The third-order valence-electron chi connectivity index (χ3n) is 2.47. The molecule has 4 nitrogen and oxygen atoms in total. The van der Waals surface area contributed by atoms with Gasteiger partial charge in [0, 0.05) is 12.2 Å². The molecule has 0 radical (unpaired) electrons. The highest BCUT2D eigenvalue weighted by molar-refractivity contribution is 7.89. The Labute approximate surface area is 107 Å². The maximum Gasteiger partial charge on any atom is 0.243 e. The Kier molecular flexibility index (Phi) is 5.36. The lowest BCUT2D eigenvalue weighted by atomic mass is 10.1. The highest BCUT2D eigenvalue weighted by atomic mass is 35.5. The molecule has 0 aliphatic heterocycles. The van der Waals surface area contributed by atoms with Crippen molar-refractivity contribution >= 4 is 21.6 Å². The molecule has 0 aliphatic rings. The van der Waals surface area contributed by atoms with Crippen LogP contribution in [0.1, 0.15) is 33.1 Å². The van der Waals surface area contributed by atoms with Crippen LogP contribution >= 0.6 is 11.6 Å². The van der Waals surface area contributed by atoms with Gasteiger partial charge in [0.2, 0.25) is 10.0 Å². The molecule has 0 saturated carbocycles. The van der Waals surface area contributed by atoms with Crippen molar-refractivity contribution in [1.82, 2.24) is 9.71 Å². The summed E-state index contributed by atoms with van der Waals surface area (Å²) in [6.45, 7) is 3.97. The molecule has 0 bridgehead atoms. The van der Waals surface area contributed by atoms with Crippen LogP contribution in [0, 0.1) is 0 Å². The molecule has 1 aromatic heterocycles. The van der Waals surface area contributed by atoms with Crippen molar-refractivity contribution in [1.29, 1.82) is 0 Å². The maximum absolute atomic E-state index is 12.1. The molecular weight excluding hydrogens is 260 g/mol. The summed E-state index contributed by atoms with van der Waals surface area (Å²) in [4.78, 5) is 3.81. The fourth-order valence-electron chi connectivity index (χ4n) is 1.55. The van der Waals surface area contributed by atoms with E-state index in [1.165, 1.54) is 12.3 Å². The number of halogens is 1. The zero-order valence-corrected chi connectivity index (χ0v) is 11.6. The number of nitrogens with one attached hydrogen (secondary N) is 1. The molecule has 0 spiro atoms. The van der Waals surface area contributed by atoms with Gasteiger partial charge >= 0.3 is 0 Å². The van der Waals surface area contributed by atoms with Crippen molar-refractivity contribution in [2.45, 2.75) is 44.0 Å². The van der Waals surface area contributed by atoms with Gasteiger partial charge in [-0.3, -0.25) is 0 Å². The summed E-state index contributed by atoms with van der Waals surface area (Å²) in [5, 5.41) is 0.00588. The van der Waals surface area contributed by atoms with Crippen LogP contribution in [0.25, 0.3) is 0 Å². The number of pyridine rings is 1. The van der Waals surface area contributed by atoms with Gasteiger partial charge in [-0.05, 0) is 25.0 Å². The first-order valence-corrected chi connectivity index (χ1v) is 7.50. The van der Waals surface area contributed by atoms with E-state index in [0.29, 0.717) is 0 Å². The largest absolute Gasteiger partial charge is 0.243 e.